The van der Waals surface area contributed by atoms with Gasteiger partial charge in [0.15, 0.2) is 0 Å². The molecule has 18 heavy (non-hydrogen) atoms. The van der Waals surface area contributed by atoms with Gasteiger partial charge in [0.1, 0.15) is 5.75 Å². The summed E-state index contributed by atoms with van der Waals surface area (Å²) in [4.78, 5) is 0. The van der Waals surface area contributed by atoms with E-state index in [9.17, 15) is 4.57 Å². The highest BCUT2D eigenvalue weighted by Crippen LogP contribution is 2.51. The molecule has 0 aliphatic heterocycles. The number of hydrogen-bond donors (Lipinski definition) is 0. The van der Waals surface area contributed by atoms with Crippen LogP contribution >= 0.6 is 31.6 Å². The van der Waals surface area contributed by atoms with Crippen molar-refractivity contribution in [1.29, 1.82) is 0 Å². The highest BCUT2D eigenvalue weighted by molar-refractivity contribution is 7.50. The molecule has 0 N–H and O–H groups in total. The zero-order valence-corrected chi connectivity index (χ0v) is 12.4. The van der Waals surface area contributed by atoms with Gasteiger partial charge in [-0.25, -0.2) is 4.57 Å². The second-order valence-corrected chi connectivity index (χ2v) is 5.96. The van der Waals surface area contributed by atoms with Crippen LogP contribution in [0.3, 0.4) is 0 Å². The molecule has 0 aromatic heterocycles. The third-order valence-electron chi connectivity index (χ3n) is 2.38. The van der Waals surface area contributed by atoms with Crippen LogP contribution in [0, 0.1) is 0 Å². The van der Waals surface area contributed by atoms with Gasteiger partial charge in [0, 0.05) is 0 Å². The summed E-state index contributed by atoms with van der Waals surface area (Å²) >= 11 is 9.95. The van der Waals surface area contributed by atoms with Crippen LogP contribution in [-0.2, 0) is 19.1 Å². The van der Waals surface area contributed by atoms with E-state index in [2.05, 4.69) is 15.1 Å². The molecule has 0 atom stereocenters. The van der Waals surface area contributed by atoms with Gasteiger partial charge < -0.3 is 4.52 Å². The Morgan fingerprint density at radius 1 is 1.11 bits per heavy atom. The molecule has 0 aliphatic rings. The minimum atomic E-state index is -3.91. The molecule has 0 saturated heterocycles. The molecule has 0 spiro atoms. The summed E-state index contributed by atoms with van der Waals surface area (Å²) in [7, 11) is -3.91. The van der Waals surface area contributed by atoms with Crippen molar-refractivity contribution in [1.82, 2.24) is 0 Å². The number of phosphoric acid groups is 1. The first kappa shape index (κ1) is 15.8. The molecule has 0 bridgehead atoms. The first-order valence-electron chi connectivity index (χ1n) is 5.63. The van der Waals surface area contributed by atoms with E-state index < -0.39 is 7.82 Å². The molecule has 0 radical (unpaired) electrons. The largest absolute Gasteiger partial charge is 0.563 e. The molecular formula is C11H15Cl2O4P. The van der Waals surface area contributed by atoms with Gasteiger partial charge in [0.05, 0.1) is 23.7 Å². The first-order valence-corrected chi connectivity index (χ1v) is 7.70. The number of hydrogen-bond acceptors (Lipinski definition) is 4. The van der Waals surface area contributed by atoms with Gasteiger partial charge in [-0.05, 0) is 30.5 Å². The highest BCUT2D eigenvalue weighted by Gasteiger charge is 2.28. The molecule has 0 unspecified atom stereocenters. The summed E-state index contributed by atoms with van der Waals surface area (Å²) < 4.78 is 24.5. The molecule has 0 aliphatic carbocycles. The van der Waals surface area contributed by atoms with E-state index >= 15 is 0 Å². The second-order valence-electron chi connectivity index (χ2n) is 3.78. The van der Waals surface area contributed by atoms with Crippen molar-refractivity contribution in [3.8, 4) is 5.75 Å². The monoisotopic (exact) mass is 312 g/mol. The number of benzene rings is 1. The van der Waals surface area contributed by atoms with Gasteiger partial charge in [-0.15, -0.1) is 0 Å². The van der Waals surface area contributed by atoms with Gasteiger partial charge in [-0.3, -0.25) is 0 Å². The van der Waals surface area contributed by atoms with Crippen LogP contribution in [-0.4, -0.2) is 0 Å². The van der Waals surface area contributed by atoms with Crippen molar-refractivity contribution < 1.29 is 17.2 Å². The van der Waals surface area contributed by atoms with Crippen LogP contribution in [0.25, 0.3) is 0 Å². The lowest BCUT2D eigenvalue weighted by atomic mass is 10.1. The molecule has 0 heterocycles. The Balaban J connectivity index is 2.57. The third-order valence-corrected chi connectivity index (χ3v) is 4.17. The Morgan fingerprint density at radius 2 is 1.72 bits per heavy atom. The number of rotatable bonds is 8. The van der Waals surface area contributed by atoms with Crippen molar-refractivity contribution in [2.24, 2.45) is 0 Å². The zero-order chi connectivity index (χ0) is 13.4. The minimum Gasteiger partial charge on any atom is -0.402 e. The number of aryl methyl sites for hydroxylation is 1. The normalized spacial score (nSPS) is 11.5. The number of halogens is 2. The topological polar surface area (TPSA) is 44.8 Å². The number of unbranched alkanes of at least 4 members (excludes halogenated alkanes) is 2. The lowest BCUT2D eigenvalue weighted by molar-refractivity contribution is 0.318. The summed E-state index contributed by atoms with van der Waals surface area (Å²) in [5.74, 6) is 0.318. The molecule has 1 aromatic rings. The van der Waals surface area contributed by atoms with E-state index in [0.29, 0.717) is 5.75 Å². The van der Waals surface area contributed by atoms with Crippen LogP contribution in [0.1, 0.15) is 31.7 Å². The maximum Gasteiger partial charge on any atom is 0.563 e. The van der Waals surface area contributed by atoms with Gasteiger partial charge in [-0.1, -0.05) is 31.9 Å². The summed E-state index contributed by atoms with van der Waals surface area (Å²) in [6, 6.07) is 7.11. The Labute approximate surface area is 117 Å². The smallest absolute Gasteiger partial charge is 0.402 e. The van der Waals surface area contributed by atoms with E-state index in [1.165, 1.54) is 18.4 Å². The summed E-state index contributed by atoms with van der Waals surface area (Å²) in [5.41, 5.74) is 1.18. The Hall–Kier alpha value is -0.250. The lowest BCUT2D eigenvalue weighted by Crippen LogP contribution is -1.93. The third kappa shape index (κ3) is 5.17. The van der Waals surface area contributed by atoms with Crippen molar-refractivity contribution in [2.75, 3.05) is 0 Å². The molecular weight excluding hydrogens is 298 g/mol. The Bertz CT molecular complexity index is 389. The summed E-state index contributed by atoms with van der Waals surface area (Å²) in [6.07, 6.45) is 4.53. The lowest BCUT2D eigenvalue weighted by Gasteiger charge is -2.11. The van der Waals surface area contributed by atoms with Crippen LogP contribution in [0.5, 0.6) is 5.75 Å². The molecule has 1 rings (SSSR count). The van der Waals surface area contributed by atoms with Crippen LogP contribution in [0.4, 0.5) is 0 Å². The summed E-state index contributed by atoms with van der Waals surface area (Å²) in [6.45, 7) is 2.16. The highest BCUT2D eigenvalue weighted by atomic mass is 35.5. The van der Waals surface area contributed by atoms with Crippen LogP contribution in [0.15, 0.2) is 24.3 Å². The fourth-order valence-corrected chi connectivity index (χ4v) is 2.35. The SMILES string of the molecule is CCCCCc1ccc(OP(=O)(OCl)OCl)cc1. The van der Waals surface area contributed by atoms with E-state index in [0.717, 1.165) is 12.8 Å². The van der Waals surface area contributed by atoms with Crippen LogP contribution < -0.4 is 4.52 Å². The van der Waals surface area contributed by atoms with Crippen molar-refractivity contribution in [3.05, 3.63) is 29.8 Å². The molecule has 0 saturated carbocycles. The Morgan fingerprint density at radius 3 is 2.22 bits per heavy atom. The molecule has 0 amide bonds. The molecule has 4 nitrogen and oxygen atoms in total. The maximum atomic E-state index is 11.5. The Kier molecular flexibility index (Phi) is 7.05. The molecule has 0 fully saturated rings. The van der Waals surface area contributed by atoms with E-state index in [1.807, 2.05) is 12.1 Å². The van der Waals surface area contributed by atoms with Crippen molar-refractivity contribution >= 4 is 31.6 Å². The van der Waals surface area contributed by atoms with Gasteiger partial charge in [0.25, 0.3) is 0 Å². The quantitative estimate of drug-likeness (QED) is 0.486. The average Bonchev–Trinajstić information content (AvgIpc) is 2.41. The van der Waals surface area contributed by atoms with Gasteiger partial charge in [0.2, 0.25) is 0 Å². The predicted molar refractivity (Wildman–Crippen MR) is 71.8 cm³/mol. The van der Waals surface area contributed by atoms with E-state index in [-0.39, 0.29) is 0 Å². The van der Waals surface area contributed by atoms with Crippen LogP contribution in [0.2, 0.25) is 0 Å². The molecule has 7 heteroatoms. The molecule has 102 valence electrons. The average molecular weight is 313 g/mol. The standard InChI is InChI=1S/C11H15Cl2O4P/c1-2-3-4-5-10-6-8-11(9-7-10)15-18(14,16-12)17-13/h6-9H,2-5H2,1H3. The summed E-state index contributed by atoms with van der Waals surface area (Å²) in [5, 5.41) is 0. The fourth-order valence-electron chi connectivity index (χ4n) is 1.46. The van der Waals surface area contributed by atoms with Crippen molar-refractivity contribution in [3.63, 3.8) is 0 Å². The molecule has 1 aromatic carbocycles. The van der Waals surface area contributed by atoms with E-state index in [1.54, 1.807) is 12.1 Å². The fraction of sp³-hybridized carbons (Fsp3) is 0.455. The second kappa shape index (κ2) is 8.03. The van der Waals surface area contributed by atoms with Gasteiger partial charge >= 0.3 is 7.82 Å². The van der Waals surface area contributed by atoms with Gasteiger partial charge in [-0.2, -0.15) is 8.15 Å². The predicted octanol–water partition coefficient (Wildman–Crippen LogP) is 5.25. The van der Waals surface area contributed by atoms with Crippen molar-refractivity contribution in [2.45, 2.75) is 32.6 Å². The first-order chi connectivity index (χ1) is 8.63. The van der Waals surface area contributed by atoms with E-state index in [4.69, 9.17) is 28.3 Å². The zero-order valence-electron chi connectivity index (χ0n) is 9.97. The minimum absolute atomic E-state index is 0.318. The maximum absolute atomic E-state index is 11.5.